The number of hydrogen-bond donors (Lipinski definition) is 0. The zero-order chi connectivity index (χ0) is 24.9. The quantitative estimate of drug-likeness (QED) is 0.411. The maximum absolute atomic E-state index is 14.7. The lowest BCUT2D eigenvalue weighted by Gasteiger charge is -2.33. The van der Waals surface area contributed by atoms with Crippen LogP contribution in [-0.4, -0.2) is 12.4 Å². The first kappa shape index (κ1) is 25.3. The van der Waals surface area contributed by atoms with Gasteiger partial charge < -0.3 is 0 Å². The molecule has 0 aliphatic rings. The molecule has 0 unspecified atom stereocenters. The van der Waals surface area contributed by atoms with E-state index in [4.69, 9.17) is 5.26 Å². The summed E-state index contributed by atoms with van der Waals surface area (Å²) in [5.74, 6) is 0. The molecular weight excluding hydrogens is 477 g/mol. The van der Waals surface area contributed by atoms with Crippen molar-refractivity contribution in [1.82, 2.24) is 0 Å². The first-order valence-corrected chi connectivity index (χ1v) is 7.83. The van der Waals surface area contributed by atoms with E-state index in [1.807, 2.05) is 0 Å². The molecule has 0 N–H and O–H groups in total. The molecule has 2 aromatic carbocycles. The van der Waals surface area contributed by atoms with Crippen LogP contribution >= 0.6 is 0 Å². The average Bonchev–Trinajstić information content (AvgIpc) is 2.63. The molecule has 0 fully saturated rings. The molecule has 0 saturated carbocycles. The fourth-order valence-corrected chi connectivity index (χ4v) is 2.70. The largest absolute Gasteiger partial charge is 0.435 e. The van der Waals surface area contributed by atoms with Crippen molar-refractivity contribution in [3.63, 3.8) is 0 Å². The van der Waals surface area contributed by atoms with E-state index in [2.05, 4.69) is 0 Å². The van der Waals surface area contributed by atoms with Crippen LogP contribution in [0.3, 0.4) is 0 Å². The Morgan fingerprint density at radius 2 is 1.16 bits per heavy atom. The molecule has 1 radical (unpaired) electrons. The highest BCUT2D eigenvalue weighted by molar-refractivity contribution is 5.74. The van der Waals surface area contributed by atoms with Gasteiger partial charge in [0.2, 0.25) is 0 Å². The van der Waals surface area contributed by atoms with E-state index < -0.39 is 64.3 Å². The summed E-state index contributed by atoms with van der Waals surface area (Å²) < 4.78 is 174. The van der Waals surface area contributed by atoms with Crippen molar-refractivity contribution in [2.75, 3.05) is 0 Å². The van der Waals surface area contributed by atoms with E-state index in [1.165, 1.54) is 6.07 Å². The number of nitriles is 1. The van der Waals surface area contributed by atoms with Gasteiger partial charge in [-0.1, -0.05) is 12.1 Å². The van der Waals surface area contributed by atoms with E-state index in [-0.39, 0.29) is 5.56 Å². The molecule has 2 rings (SSSR count). The Kier molecular flexibility index (Phi) is 5.97. The lowest BCUT2D eigenvalue weighted by atomic mass is 9.82. The van der Waals surface area contributed by atoms with E-state index in [9.17, 15) is 57.1 Å². The normalized spacial score (nSPS) is 13.8. The van der Waals surface area contributed by atoms with Gasteiger partial charge in [0, 0.05) is 17.2 Å². The van der Waals surface area contributed by atoms with E-state index in [0.29, 0.717) is 24.3 Å². The maximum atomic E-state index is 14.7. The number of nitrogens with zero attached hydrogens (tertiary/aromatic N) is 1. The zero-order valence-electron chi connectivity index (χ0n) is 14.7. The van der Waals surface area contributed by atoms with E-state index in [1.54, 1.807) is 0 Å². The highest BCUT2D eigenvalue weighted by Crippen LogP contribution is 2.57. The second-order valence-electron chi connectivity index (χ2n) is 6.19. The second kappa shape index (κ2) is 7.56. The number of alkyl halides is 13. The molecule has 2 aromatic rings. The van der Waals surface area contributed by atoms with Gasteiger partial charge in [-0.3, -0.25) is 0 Å². The van der Waals surface area contributed by atoms with Gasteiger partial charge in [0.05, 0.1) is 22.8 Å². The Morgan fingerprint density at radius 3 is 1.50 bits per heavy atom. The van der Waals surface area contributed by atoms with Crippen LogP contribution in [0.4, 0.5) is 57.1 Å². The second-order valence-corrected chi connectivity index (χ2v) is 6.19. The maximum Gasteiger partial charge on any atom is 0.435 e. The van der Waals surface area contributed by atoms with Crippen molar-refractivity contribution >= 4 is 0 Å². The van der Waals surface area contributed by atoms with Crippen LogP contribution in [0, 0.1) is 17.4 Å². The minimum atomic E-state index is -7.00. The minimum Gasteiger partial charge on any atom is -0.218 e. The molecule has 0 heterocycles. The van der Waals surface area contributed by atoms with E-state index >= 15 is 0 Å². The van der Waals surface area contributed by atoms with Crippen LogP contribution in [0.1, 0.15) is 22.3 Å². The van der Waals surface area contributed by atoms with Crippen molar-refractivity contribution in [2.45, 2.75) is 30.4 Å². The molecule has 0 atom stereocenters. The predicted molar refractivity (Wildman–Crippen MR) is 80.3 cm³/mol. The Morgan fingerprint density at radius 1 is 0.688 bits per heavy atom. The Hall–Kier alpha value is -2.98. The number of rotatable bonds is 2. The van der Waals surface area contributed by atoms with Gasteiger partial charge >= 0.3 is 30.4 Å². The lowest BCUT2D eigenvalue weighted by Crippen LogP contribution is -2.51. The van der Waals surface area contributed by atoms with Crippen molar-refractivity contribution in [1.29, 1.82) is 5.26 Å². The van der Waals surface area contributed by atoms with Gasteiger partial charge in [-0.05, 0) is 23.8 Å². The minimum absolute atomic E-state index is 0.307. The summed E-state index contributed by atoms with van der Waals surface area (Å²) in [6.45, 7) is 0. The summed E-state index contributed by atoms with van der Waals surface area (Å²) in [5, 5.41) is 8.69. The van der Waals surface area contributed by atoms with Crippen LogP contribution in [0.25, 0.3) is 11.1 Å². The van der Waals surface area contributed by atoms with E-state index in [0.717, 1.165) is 6.07 Å². The van der Waals surface area contributed by atoms with Gasteiger partial charge in [-0.25, -0.2) is 4.39 Å². The molecule has 0 bridgehead atoms. The fourth-order valence-electron chi connectivity index (χ4n) is 2.70. The molecule has 0 aliphatic heterocycles. The van der Waals surface area contributed by atoms with Gasteiger partial charge in [0.1, 0.15) is 0 Å². The molecule has 14 heteroatoms. The molecule has 173 valence electrons. The van der Waals surface area contributed by atoms with Crippen molar-refractivity contribution in [2.24, 2.45) is 0 Å². The topological polar surface area (TPSA) is 23.8 Å². The first-order chi connectivity index (χ1) is 14.2. The van der Waals surface area contributed by atoms with Crippen LogP contribution in [0.15, 0.2) is 30.3 Å². The zero-order valence-corrected chi connectivity index (χ0v) is 14.7. The molecule has 1 nitrogen and oxygen atoms in total. The highest BCUT2D eigenvalue weighted by atomic mass is 19.4. The predicted octanol–water partition coefficient (Wildman–Crippen LogP) is 7.35. The smallest absolute Gasteiger partial charge is 0.218 e. The van der Waals surface area contributed by atoms with Gasteiger partial charge in [-0.15, -0.1) is 0 Å². The molecule has 0 spiro atoms. The van der Waals surface area contributed by atoms with Crippen LogP contribution in [-0.2, 0) is 18.0 Å². The summed E-state index contributed by atoms with van der Waals surface area (Å²) >= 11 is 0. The average molecular weight is 482 g/mol. The summed E-state index contributed by atoms with van der Waals surface area (Å²) in [5.41, 5.74) is -18.6. The van der Waals surface area contributed by atoms with Crippen molar-refractivity contribution in [3.05, 3.63) is 58.7 Å². The van der Waals surface area contributed by atoms with Crippen molar-refractivity contribution in [3.8, 4) is 17.2 Å². The Labute approximate surface area is 169 Å². The third-order valence-electron chi connectivity index (χ3n) is 4.11. The SMILES string of the molecule is N#Cc1ccc(-c2c(C(F)(F)F)[c]c(C(F)(F)F)cc2C(F)(C(F)(F)F)C(F)(F)F)cc1. The summed E-state index contributed by atoms with van der Waals surface area (Å²) in [6.07, 6.45) is -25.9. The first-order valence-electron chi connectivity index (χ1n) is 7.83. The van der Waals surface area contributed by atoms with Crippen LogP contribution in [0.2, 0.25) is 0 Å². The third-order valence-corrected chi connectivity index (χ3v) is 4.11. The summed E-state index contributed by atoms with van der Waals surface area (Å²) in [6, 6.07) is 3.36. The Balaban J connectivity index is 3.18. The Bertz CT molecular complexity index is 1020. The highest BCUT2D eigenvalue weighted by Gasteiger charge is 2.74. The van der Waals surface area contributed by atoms with Gasteiger partial charge in [0.25, 0.3) is 0 Å². The summed E-state index contributed by atoms with van der Waals surface area (Å²) in [4.78, 5) is 0. The molecule has 0 amide bonds. The fraction of sp³-hybridized carbons (Fsp3) is 0.278. The van der Waals surface area contributed by atoms with Crippen LogP contribution < -0.4 is 0 Å². The van der Waals surface area contributed by atoms with Crippen LogP contribution in [0.5, 0.6) is 0 Å². The molecule has 0 saturated heterocycles. The number of hydrogen-bond acceptors (Lipinski definition) is 1. The monoisotopic (exact) mass is 482 g/mol. The summed E-state index contributed by atoms with van der Waals surface area (Å²) in [7, 11) is 0. The van der Waals surface area contributed by atoms with Gasteiger partial charge in [-0.2, -0.15) is 57.9 Å². The third kappa shape index (κ3) is 4.33. The lowest BCUT2D eigenvalue weighted by molar-refractivity contribution is -0.348. The molecule has 0 aromatic heterocycles. The molecule has 0 aliphatic carbocycles. The number of benzene rings is 2. The van der Waals surface area contributed by atoms with Crippen molar-refractivity contribution < 1.29 is 57.1 Å². The molecule has 32 heavy (non-hydrogen) atoms. The van der Waals surface area contributed by atoms with Gasteiger partial charge in [0.15, 0.2) is 0 Å². The molecular formula is C18H5F13N. The standard InChI is InChI=1S/C18H5F13N/c19-14(17(26,27)28,18(29,30)31)11-5-10(15(20,21)22)6-12(16(23,24)25)13(11)9-3-1-8(7-32)2-4-9/h1-5H. The number of halogens is 13.